The van der Waals surface area contributed by atoms with Crippen molar-refractivity contribution in [1.29, 1.82) is 0 Å². The van der Waals surface area contributed by atoms with Crippen LogP contribution in [-0.4, -0.2) is 27.2 Å². The number of pyridine rings is 1. The van der Waals surface area contributed by atoms with Crippen LogP contribution in [0, 0.1) is 5.82 Å². The predicted octanol–water partition coefficient (Wildman–Crippen LogP) is 4.48. The first-order valence-electron chi connectivity index (χ1n) is 10.7. The van der Waals surface area contributed by atoms with Crippen molar-refractivity contribution < 1.29 is 13.9 Å². The van der Waals surface area contributed by atoms with E-state index in [4.69, 9.17) is 10.5 Å². The second-order valence-corrected chi connectivity index (χ2v) is 8.93. The van der Waals surface area contributed by atoms with Gasteiger partial charge in [0, 0.05) is 23.9 Å². The van der Waals surface area contributed by atoms with E-state index in [-0.39, 0.29) is 18.4 Å². The topological polar surface area (TPSA) is 85.8 Å². The molecular weight excluding hydrogens is 421 g/mol. The Kier molecular flexibility index (Phi) is 5.00. The van der Waals surface area contributed by atoms with Crippen LogP contribution in [0.4, 0.5) is 20.8 Å². The minimum atomic E-state index is -0.426. The van der Waals surface area contributed by atoms with Gasteiger partial charge in [-0.2, -0.15) is 0 Å². The lowest BCUT2D eigenvalue weighted by Gasteiger charge is -2.20. The zero-order valence-corrected chi connectivity index (χ0v) is 18.5. The SMILES string of the molecule is CC1(C)CN(C(=O)OCc2ccccc2)c2cc(Cc3ccc(F)cc3)c3nnc(N)n3c21. The number of anilines is 2. The number of nitrogen functional groups attached to an aromatic ring is 1. The molecule has 0 aliphatic carbocycles. The third-order valence-corrected chi connectivity index (χ3v) is 5.97. The van der Waals surface area contributed by atoms with Crippen molar-refractivity contribution >= 4 is 23.4 Å². The van der Waals surface area contributed by atoms with Gasteiger partial charge in [0.25, 0.3) is 0 Å². The largest absolute Gasteiger partial charge is 0.444 e. The highest BCUT2D eigenvalue weighted by Crippen LogP contribution is 2.43. The summed E-state index contributed by atoms with van der Waals surface area (Å²) in [6, 6.07) is 17.8. The average molecular weight is 445 g/mol. The summed E-state index contributed by atoms with van der Waals surface area (Å²) in [5, 5.41) is 8.40. The molecule has 1 aliphatic heterocycles. The Morgan fingerprint density at radius 1 is 1.09 bits per heavy atom. The standard InChI is InChI=1S/C25H24FN5O2/c1-25(2)15-30(24(32)33-14-17-6-4-3-5-7-17)20-13-18(12-16-8-10-19(26)11-9-16)22-28-29-23(27)31(22)21(20)25/h3-11,13H,12,14-15H2,1-2H3,(H2,27,29). The number of carbonyl (C=O) groups is 1. The molecule has 0 spiro atoms. The van der Waals surface area contributed by atoms with Crippen LogP contribution in [0.2, 0.25) is 0 Å². The molecule has 7 nitrogen and oxygen atoms in total. The van der Waals surface area contributed by atoms with Gasteiger partial charge in [-0.15, -0.1) is 10.2 Å². The molecule has 2 N–H and O–H groups in total. The maximum Gasteiger partial charge on any atom is 0.414 e. The van der Waals surface area contributed by atoms with E-state index in [0.29, 0.717) is 24.3 Å². The smallest absolute Gasteiger partial charge is 0.414 e. The Hall–Kier alpha value is -3.94. The van der Waals surface area contributed by atoms with Gasteiger partial charge >= 0.3 is 6.09 Å². The highest BCUT2D eigenvalue weighted by Gasteiger charge is 2.42. The summed E-state index contributed by atoms with van der Waals surface area (Å²) < 4.78 is 20.8. The first kappa shape index (κ1) is 20.9. The number of nitrogens with two attached hydrogens (primary N) is 1. The van der Waals surface area contributed by atoms with Crippen LogP contribution in [0.5, 0.6) is 0 Å². The Bertz CT molecular complexity index is 1330. The molecule has 4 aromatic rings. The highest BCUT2D eigenvalue weighted by atomic mass is 19.1. The quantitative estimate of drug-likeness (QED) is 0.501. The van der Waals surface area contributed by atoms with Gasteiger partial charge in [0.15, 0.2) is 5.65 Å². The van der Waals surface area contributed by atoms with Crippen molar-refractivity contribution in [3.63, 3.8) is 0 Å². The van der Waals surface area contributed by atoms with Gasteiger partial charge in [-0.25, -0.2) is 9.18 Å². The third kappa shape index (κ3) is 3.77. The second-order valence-electron chi connectivity index (χ2n) is 8.93. The molecule has 0 unspecified atom stereocenters. The third-order valence-electron chi connectivity index (χ3n) is 5.97. The normalized spacial score (nSPS) is 14.5. The summed E-state index contributed by atoms with van der Waals surface area (Å²) in [6.07, 6.45) is 0.0621. The lowest BCUT2D eigenvalue weighted by atomic mass is 9.90. The fourth-order valence-electron chi connectivity index (χ4n) is 4.46. The van der Waals surface area contributed by atoms with Crippen molar-refractivity contribution in [2.24, 2.45) is 0 Å². The summed E-state index contributed by atoms with van der Waals surface area (Å²) in [5.41, 5.74) is 10.7. The predicted molar refractivity (Wildman–Crippen MR) is 124 cm³/mol. The zero-order valence-electron chi connectivity index (χ0n) is 18.5. The van der Waals surface area contributed by atoms with Crippen molar-refractivity contribution in [2.75, 3.05) is 17.2 Å². The molecule has 3 heterocycles. The fraction of sp³-hybridized carbons (Fsp3) is 0.240. The van der Waals surface area contributed by atoms with E-state index < -0.39 is 11.5 Å². The number of ether oxygens (including phenoxy) is 1. The number of carbonyl (C=O) groups excluding carboxylic acids is 1. The number of nitrogens with zero attached hydrogens (tertiary/aromatic N) is 4. The number of benzene rings is 2. The number of aromatic nitrogens is 3. The van der Waals surface area contributed by atoms with E-state index in [1.807, 2.05) is 40.8 Å². The van der Waals surface area contributed by atoms with Crippen molar-refractivity contribution in [3.05, 3.63) is 88.9 Å². The van der Waals surface area contributed by atoms with Crippen LogP contribution in [0.3, 0.4) is 0 Å². The number of amides is 1. The molecule has 0 radical (unpaired) electrons. The Balaban J connectivity index is 1.55. The molecule has 0 bridgehead atoms. The molecule has 0 saturated carbocycles. The molecule has 8 heteroatoms. The minimum absolute atomic E-state index is 0.186. The van der Waals surface area contributed by atoms with Gasteiger partial charge in [0.05, 0.1) is 11.4 Å². The van der Waals surface area contributed by atoms with Crippen LogP contribution in [-0.2, 0) is 23.2 Å². The van der Waals surface area contributed by atoms with Crippen LogP contribution >= 0.6 is 0 Å². The van der Waals surface area contributed by atoms with Crippen LogP contribution in [0.25, 0.3) is 5.65 Å². The van der Waals surface area contributed by atoms with E-state index in [1.54, 1.807) is 17.0 Å². The van der Waals surface area contributed by atoms with Crippen molar-refractivity contribution in [2.45, 2.75) is 32.3 Å². The van der Waals surface area contributed by atoms with E-state index in [1.165, 1.54) is 12.1 Å². The number of hydrogen-bond donors (Lipinski definition) is 1. The van der Waals surface area contributed by atoms with E-state index in [9.17, 15) is 9.18 Å². The van der Waals surface area contributed by atoms with E-state index in [0.717, 1.165) is 22.4 Å². The minimum Gasteiger partial charge on any atom is -0.444 e. The summed E-state index contributed by atoms with van der Waals surface area (Å²) in [7, 11) is 0. The zero-order chi connectivity index (χ0) is 23.2. The lowest BCUT2D eigenvalue weighted by molar-refractivity contribution is 0.147. The van der Waals surface area contributed by atoms with Crippen LogP contribution in [0.1, 0.15) is 36.2 Å². The van der Waals surface area contributed by atoms with Gasteiger partial charge < -0.3 is 10.5 Å². The van der Waals surface area contributed by atoms with Crippen LogP contribution in [0.15, 0.2) is 60.7 Å². The van der Waals surface area contributed by atoms with Crippen LogP contribution < -0.4 is 10.6 Å². The highest BCUT2D eigenvalue weighted by molar-refractivity contribution is 5.92. The molecule has 0 fully saturated rings. The summed E-state index contributed by atoms with van der Waals surface area (Å²) >= 11 is 0. The van der Waals surface area contributed by atoms with E-state index >= 15 is 0 Å². The lowest BCUT2D eigenvalue weighted by Crippen LogP contribution is -2.34. The monoisotopic (exact) mass is 445 g/mol. The molecule has 0 saturated heterocycles. The second kappa shape index (κ2) is 7.88. The maximum atomic E-state index is 13.4. The molecule has 5 rings (SSSR count). The summed E-state index contributed by atoms with van der Waals surface area (Å²) in [4.78, 5) is 14.8. The van der Waals surface area contributed by atoms with Gasteiger partial charge in [-0.1, -0.05) is 56.3 Å². The molecule has 168 valence electrons. The molecule has 33 heavy (non-hydrogen) atoms. The molecule has 0 atom stereocenters. The van der Waals surface area contributed by atoms with E-state index in [2.05, 4.69) is 24.0 Å². The number of halogens is 1. The molecule has 2 aromatic carbocycles. The van der Waals surface area contributed by atoms with Gasteiger partial charge in [-0.3, -0.25) is 9.30 Å². The molecule has 1 aliphatic rings. The maximum absolute atomic E-state index is 13.4. The summed E-state index contributed by atoms with van der Waals surface area (Å²) in [6.45, 7) is 4.72. The Morgan fingerprint density at radius 2 is 1.82 bits per heavy atom. The molecule has 1 amide bonds. The number of hydrogen-bond acceptors (Lipinski definition) is 5. The van der Waals surface area contributed by atoms with Crippen molar-refractivity contribution in [3.8, 4) is 0 Å². The average Bonchev–Trinajstić information content (AvgIpc) is 3.31. The van der Waals surface area contributed by atoms with Gasteiger partial charge in [0.1, 0.15) is 12.4 Å². The fourth-order valence-corrected chi connectivity index (χ4v) is 4.46. The van der Waals surface area contributed by atoms with Gasteiger partial charge in [0.2, 0.25) is 5.95 Å². The number of fused-ring (bicyclic) bond motifs is 3. The first-order chi connectivity index (χ1) is 15.8. The Labute approximate surface area is 190 Å². The van der Waals surface area contributed by atoms with Crippen molar-refractivity contribution in [1.82, 2.24) is 14.6 Å². The van der Waals surface area contributed by atoms with Gasteiger partial charge in [-0.05, 0) is 29.3 Å². The first-order valence-corrected chi connectivity index (χ1v) is 10.7. The molecular formula is C25H24FN5O2. The summed E-state index contributed by atoms with van der Waals surface area (Å²) in [5.74, 6) is -0.0338. The molecule has 2 aromatic heterocycles. The number of rotatable bonds is 4. The Morgan fingerprint density at radius 3 is 2.55 bits per heavy atom.